The molecule has 122 valence electrons. The second-order valence-corrected chi connectivity index (χ2v) is 5.82. The van der Waals surface area contributed by atoms with Crippen LogP contribution in [0.4, 0.5) is 0 Å². The first kappa shape index (κ1) is 15.5. The van der Waals surface area contributed by atoms with Crippen LogP contribution in [0.5, 0.6) is 0 Å². The van der Waals surface area contributed by atoms with E-state index in [1.165, 1.54) is 6.26 Å². The number of aromatic nitrogens is 3. The average Bonchev–Trinajstić information content (AvgIpc) is 3.25. The van der Waals surface area contributed by atoms with E-state index in [0.717, 1.165) is 25.7 Å². The third-order valence-corrected chi connectivity index (χ3v) is 4.26. The molecule has 1 fully saturated rings. The third-order valence-electron chi connectivity index (χ3n) is 4.26. The molecule has 0 bridgehead atoms. The van der Waals surface area contributed by atoms with Crippen molar-refractivity contribution < 1.29 is 9.21 Å². The molecule has 2 aromatic rings. The van der Waals surface area contributed by atoms with Gasteiger partial charge in [0.05, 0.1) is 12.3 Å². The zero-order valence-electron chi connectivity index (χ0n) is 13.0. The van der Waals surface area contributed by atoms with E-state index in [4.69, 9.17) is 4.42 Å². The van der Waals surface area contributed by atoms with Gasteiger partial charge >= 0.3 is 0 Å². The van der Waals surface area contributed by atoms with Crippen LogP contribution in [0, 0.1) is 5.92 Å². The Hall–Kier alpha value is -2.44. The largest absolute Gasteiger partial charge is 0.461 e. The molecule has 1 unspecified atom stereocenters. The lowest BCUT2D eigenvalue weighted by Crippen LogP contribution is -2.36. The summed E-state index contributed by atoms with van der Waals surface area (Å²) in [5.41, 5.74) is -0.126. The number of H-pyrrole nitrogens is 1. The SMILES string of the molecule is CCC(NC(=O)C1CCCC1)c1nnc(-c2ccco2)[nH]c1=O. The summed E-state index contributed by atoms with van der Waals surface area (Å²) in [6.07, 6.45) is 6.10. The summed E-state index contributed by atoms with van der Waals surface area (Å²) in [6.45, 7) is 1.90. The van der Waals surface area contributed by atoms with Crippen molar-refractivity contribution >= 4 is 5.91 Å². The second-order valence-electron chi connectivity index (χ2n) is 5.82. The Kier molecular flexibility index (Phi) is 4.55. The molecule has 1 atom stereocenters. The third kappa shape index (κ3) is 3.33. The van der Waals surface area contributed by atoms with E-state index in [-0.39, 0.29) is 28.9 Å². The number of rotatable bonds is 5. The van der Waals surface area contributed by atoms with Crippen LogP contribution in [0.2, 0.25) is 0 Å². The van der Waals surface area contributed by atoms with E-state index in [2.05, 4.69) is 20.5 Å². The van der Waals surface area contributed by atoms with Crippen molar-refractivity contribution in [3.8, 4) is 11.6 Å². The summed E-state index contributed by atoms with van der Waals surface area (Å²) < 4.78 is 5.19. The first-order valence-electron chi connectivity index (χ1n) is 8.00. The molecule has 0 saturated heterocycles. The van der Waals surface area contributed by atoms with E-state index in [0.29, 0.717) is 12.2 Å². The van der Waals surface area contributed by atoms with Gasteiger partial charge in [-0.05, 0) is 31.4 Å². The molecule has 0 aromatic carbocycles. The number of carbonyl (C=O) groups is 1. The van der Waals surface area contributed by atoms with Crippen LogP contribution in [0.1, 0.15) is 50.8 Å². The van der Waals surface area contributed by atoms with Crippen LogP contribution in [0.25, 0.3) is 11.6 Å². The van der Waals surface area contributed by atoms with Gasteiger partial charge in [-0.2, -0.15) is 0 Å². The zero-order valence-corrected chi connectivity index (χ0v) is 13.0. The van der Waals surface area contributed by atoms with Crippen molar-refractivity contribution in [3.63, 3.8) is 0 Å². The van der Waals surface area contributed by atoms with Gasteiger partial charge in [-0.25, -0.2) is 0 Å². The summed E-state index contributed by atoms with van der Waals surface area (Å²) in [5.74, 6) is 0.786. The van der Waals surface area contributed by atoms with Gasteiger partial charge in [-0.15, -0.1) is 10.2 Å². The lowest BCUT2D eigenvalue weighted by molar-refractivity contribution is -0.125. The highest BCUT2D eigenvalue weighted by Gasteiger charge is 2.26. The molecular formula is C16H20N4O3. The standard InChI is InChI=1S/C16H20N4O3/c1-2-11(17-15(21)10-6-3-4-7-10)13-16(22)18-14(20-19-13)12-8-5-9-23-12/h5,8-11H,2-4,6-7H2,1H3,(H,17,21)(H,18,20,22). The molecule has 7 nitrogen and oxygen atoms in total. The van der Waals surface area contributed by atoms with Crippen LogP contribution in [0.15, 0.2) is 27.6 Å². The van der Waals surface area contributed by atoms with Crippen LogP contribution in [-0.4, -0.2) is 21.1 Å². The Morgan fingerprint density at radius 3 is 2.83 bits per heavy atom. The molecule has 3 rings (SSSR count). The maximum Gasteiger partial charge on any atom is 0.275 e. The molecule has 1 amide bonds. The van der Waals surface area contributed by atoms with E-state index in [9.17, 15) is 9.59 Å². The number of nitrogens with one attached hydrogen (secondary N) is 2. The molecule has 2 aromatic heterocycles. The zero-order chi connectivity index (χ0) is 16.2. The molecule has 7 heteroatoms. The molecular weight excluding hydrogens is 296 g/mol. The van der Waals surface area contributed by atoms with Crippen molar-refractivity contribution in [2.45, 2.75) is 45.1 Å². The molecule has 0 spiro atoms. The Balaban J connectivity index is 1.78. The normalized spacial score (nSPS) is 16.4. The molecule has 2 N–H and O–H groups in total. The number of amides is 1. The Labute approximate surface area is 133 Å². The maximum atomic E-state index is 12.3. The predicted molar refractivity (Wildman–Crippen MR) is 83.5 cm³/mol. The minimum Gasteiger partial charge on any atom is -0.461 e. The van der Waals surface area contributed by atoms with Crippen molar-refractivity contribution in [3.05, 3.63) is 34.4 Å². The van der Waals surface area contributed by atoms with E-state index < -0.39 is 6.04 Å². The second kappa shape index (κ2) is 6.76. The first-order chi connectivity index (χ1) is 11.2. The summed E-state index contributed by atoms with van der Waals surface area (Å²) in [5, 5.41) is 11.0. The fourth-order valence-electron chi connectivity index (χ4n) is 2.94. The Morgan fingerprint density at radius 1 is 1.43 bits per heavy atom. The molecule has 2 heterocycles. The van der Waals surface area contributed by atoms with Gasteiger partial charge in [-0.1, -0.05) is 19.8 Å². The van der Waals surface area contributed by atoms with Crippen LogP contribution in [0.3, 0.4) is 0 Å². The number of carbonyl (C=O) groups excluding carboxylic acids is 1. The van der Waals surface area contributed by atoms with E-state index in [1.54, 1.807) is 12.1 Å². The van der Waals surface area contributed by atoms with Crippen LogP contribution in [-0.2, 0) is 4.79 Å². The highest BCUT2D eigenvalue weighted by Crippen LogP contribution is 2.25. The predicted octanol–water partition coefficient (Wildman–Crippen LogP) is 2.18. The van der Waals surface area contributed by atoms with Crippen molar-refractivity contribution in [2.75, 3.05) is 0 Å². The lowest BCUT2D eigenvalue weighted by Gasteiger charge is -2.18. The number of hydrogen-bond acceptors (Lipinski definition) is 5. The monoisotopic (exact) mass is 316 g/mol. The van der Waals surface area contributed by atoms with Crippen LogP contribution < -0.4 is 10.9 Å². The van der Waals surface area contributed by atoms with Crippen LogP contribution >= 0.6 is 0 Å². The Morgan fingerprint density at radius 2 is 2.22 bits per heavy atom. The number of hydrogen-bond donors (Lipinski definition) is 2. The van der Waals surface area contributed by atoms with Crippen molar-refractivity contribution in [1.29, 1.82) is 0 Å². The molecule has 0 radical (unpaired) electrons. The van der Waals surface area contributed by atoms with Crippen molar-refractivity contribution in [1.82, 2.24) is 20.5 Å². The van der Waals surface area contributed by atoms with Gasteiger partial charge in [0.2, 0.25) is 5.91 Å². The summed E-state index contributed by atoms with van der Waals surface area (Å²) >= 11 is 0. The van der Waals surface area contributed by atoms with Gasteiger partial charge in [0.15, 0.2) is 17.3 Å². The highest BCUT2D eigenvalue weighted by molar-refractivity contribution is 5.79. The Bertz CT molecular complexity index is 717. The minimum absolute atomic E-state index is 0.00524. The number of furan rings is 1. The summed E-state index contributed by atoms with van der Waals surface area (Å²) in [6, 6.07) is 2.98. The average molecular weight is 316 g/mol. The number of nitrogens with zero attached hydrogens (tertiary/aromatic N) is 2. The molecule has 1 aliphatic rings. The molecule has 1 saturated carbocycles. The van der Waals surface area contributed by atoms with E-state index >= 15 is 0 Å². The van der Waals surface area contributed by atoms with E-state index in [1.807, 2.05) is 6.92 Å². The van der Waals surface area contributed by atoms with Gasteiger partial charge in [0, 0.05) is 5.92 Å². The molecule has 23 heavy (non-hydrogen) atoms. The highest BCUT2D eigenvalue weighted by atomic mass is 16.3. The lowest BCUT2D eigenvalue weighted by atomic mass is 10.1. The summed E-state index contributed by atoms with van der Waals surface area (Å²) in [4.78, 5) is 27.2. The topological polar surface area (TPSA) is 101 Å². The van der Waals surface area contributed by atoms with Gasteiger partial charge in [0.25, 0.3) is 5.56 Å². The van der Waals surface area contributed by atoms with Gasteiger partial charge in [0.1, 0.15) is 0 Å². The smallest absolute Gasteiger partial charge is 0.275 e. The molecule has 1 aliphatic carbocycles. The minimum atomic E-state index is -0.426. The first-order valence-corrected chi connectivity index (χ1v) is 8.00. The molecule has 0 aliphatic heterocycles. The fraction of sp³-hybridized carbons (Fsp3) is 0.500. The summed E-state index contributed by atoms with van der Waals surface area (Å²) in [7, 11) is 0. The van der Waals surface area contributed by atoms with Crippen molar-refractivity contribution in [2.24, 2.45) is 5.92 Å². The van der Waals surface area contributed by atoms with Gasteiger partial charge in [-0.3, -0.25) is 9.59 Å². The number of aromatic amines is 1. The maximum absolute atomic E-state index is 12.3. The quantitative estimate of drug-likeness (QED) is 0.880. The fourth-order valence-corrected chi connectivity index (χ4v) is 2.94. The van der Waals surface area contributed by atoms with Gasteiger partial charge < -0.3 is 14.7 Å².